The van der Waals surface area contributed by atoms with Crippen molar-refractivity contribution in [3.63, 3.8) is 0 Å². The minimum absolute atomic E-state index is 0.488. The van der Waals surface area contributed by atoms with Crippen molar-refractivity contribution in [3.8, 4) is 0 Å². The Hall–Kier alpha value is -1.65. The van der Waals surface area contributed by atoms with Crippen molar-refractivity contribution in [2.75, 3.05) is 19.0 Å². The fourth-order valence-corrected chi connectivity index (χ4v) is 2.15. The van der Waals surface area contributed by atoms with Crippen LogP contribution in [0.25, 0.3) is 0 Å². The molecule has 0 saturated carbocycles. The first-order valence-corrected chi connectivity index (χ1v) is 6.87. The van der Waals surface area contributed by atoms with Gasteiger partial charge in [-0.3, -0.25) is 0 Å². The Bertz CT molecular complexity index is 575. The molecule has 0 aliphatic carbocycles. The van der Waals surface area contributed by atoms with E-state index < -0.39 is 0 Å². The number of rotatable bonds is 6. The highest BCUT2D eigenvalue weighted by Crippen LogP contribution is 2.18. The number of benzene rings is 1. The Morgan fingerprint density at radius 3 is 2.70 bits per heavy atom. The van der Waals surface area contributed by atoms with E-state index in [0.29, 0.717) is 11.8 Å². The summed E-state index contributed by atoms with van der Waals surface area (Å²) in [4.78, 5) is 8.14. The molecule has 0 aliphatic rings. The van der Waals surface area contributed by atoms with Crippen LogP contribution < -0.4 is 5.32 Å². The molecule has 0 amide bonds. The molecule has 0 atom stereocenters. The first-order chi connectivity index (χ1) is 9.72. The number of nitrogens with one attached hydrogen (secondary N) is 1. The van der Waals surface area contributed by atoms with E-state index in [1.165, 1.54) is 17.5 Å². The van der Waals surface area contributed by atoms with Gasteiger partial charge in [0, 0.05) is 19.2 Å². The first kappa shape index (κ1) is 14.8. The Balaban J connectivity index is 1.98. The van der Waals surface area contributed by atoms with Gasteiger partial charge in [0.25, 0.3) is 0 Å². The van der Waals surface area contributed by atoms with E-state index >= 15 is 0 Å². The number of halogens is 1. The van der Waals surface area contributed by atoms with Gasteiger partial charge in [0.15, 0.2) is 0 Å². The quantitative estimate of drug-likeness (QED) is 0.830. The van der Waals surface area contributed by atoms with Gasteiger partial charge in [-0.25, -0.2) is 9.97 Å². The van der Waals surface area contributed by atoms with Crippen molar-refractivity contribution in [1.29, 1.82) is 0 Å². The molecule has 1 aromatic carbocycles. The van der Waals surface area contributed by atoms with Gasteiger partial charge in [-0.15, -0.1) is 0 Å². The van der Waals surface area contributed by atoms with Crippen LogP contribution >= 0.6 is 11.6 Å². The Morgan fingerprint density at radius 1 is 1.20 bits per heavy atom. The fraction of sp³-hybridized carbons (Fsp3) is 0.333. The molecule has 20 heavy (non-hydrogen) atoms. The SMILES string of the molecule is COCc1ccccc1CCNc1ncnc(Cl)c1C. The summed E-state index contributed by atoms with van der Waals surface area (Å²) in [6, 6.07) is 8.28. The summed E-state index contributed by atoms with van der Waals surface area (Å²) >= 11 is 5.97. The van der Waals surface area contributed by atoms with Crippen molar-refractivity contribution in [2.45, 2.75) is 20.0 Å². The summed E-state index contributed by atoms with van der Waals surface area (Å²) in [6.07, 6.45) is 2.37. The molecule has 1 heterocycles. The molecule has 0 radical (unpaired) electrons. The summed E-state index contributed by atoms with van der Waals surface area (Å²) < 4.78 is 5.21. The molecule has 1 N–H and O–H groups in total. The molecule has 0 bridgehead atoms. The Kier molecular flexibility index (Phi) is 5.32. The molecule has 2 rings (SSSR count). The smallest absolute Gasteiger partial charge is 0.137 e. The second kappa shape index (κ2) is 7.22. The van der Waals surface area contributed by atoms with Gasteiger partial charge in [-0.2, -0.15) is 0 Å². The van der Waals surface area contributed by atoms with E-state index in [0.717, 1.165) is 24.3 Å². The maximum Gasteiger partial charge on any atom is 0.137 e. The first-order valence-electron chi connectivity index (χ1n) is 6.49. The van der Waals surface area contributed by atoms with Gasteiger partial charge < -0.3 is 10.1 Å². The molecule has 0 aliphatic heterocycles. The van der Waals surface area contributed by atoms with Gasteiger partial charge in [0.1, 0.15) is 17.3 Å². The third-order valence-electron chi connectivity index (χ3n) is 3.13. The minimum Gasteiger partial charge on any atom is -0.380 e. The molecule has 0 fully saturated rings. The maximum atomic E-state index is 5.97. The predicted molar refractivity (Wildman–Crippen MR) is 81.1 cm³/mol. The predicted octanol–water partition coefficient (Wildman–Crippen LogP) is 3.24. The van der Waals surface area contributed by atoms with E-state index in [-0.39, 0.29) is 0 Å². The molecule has 1 aromatic heterocycles. The van der Waals surface area contributed by atoms with Crippen LogP contribution in [0, 0.1) is 6.92 Å². The van der Waals surface area contributed by atoms with Crippen molar-refractivity contribution in [3.05, 3.63) is 52.4 Å². The van der Waals surface area contributed by atoms with Crippen LogP contribution in [0.3, 0.4) is 0 Å². The van der Waals surface area contributed by atoms with E-state index in [4.69, 9.17) is 16.3 Å². The highest BCUT2D eigenvalue weighted by molar-refractivity contribution is 6.30. The number of ether oxygens (including phenoxy) is 1. The van der Waals surface area contributed by atoms with Crippen LogP contribution in [0.15, 0.2) is 30.6 Å². The van der Waals surface area contributed by atoms with Crippen LogP contribution in [0.4, 0.5) is 5.82 Å². The lowest BCUT2D eigenvalue weighted by atomic mass is 10.1. The summed E-state index contributed by atoms with van der Waals surface area (Å²) in [5.74, 6) is 0.786. The van der Waals surface area contributed by atoms with Crippen LogP contribution in [0.5, 0.6) is 0 Å². The number of hydrogen-bond acceptors (Lipinski definition) is 4. The minimum atomic E-state index is 0.488. The van der Waals surface area contributed by atoms with E-state index in [2.05, 4.69) is 27.4 Å². The molecule has 106 valence electrons. The van der Waals surface area contributed by atoms with Gasteiger partial charge >= 0.3 is 0 Å². The van der Waals surface area contributed by atoms with E-state index in [1.807, 2.05) is 19.1 Å². The van der Waals surface area contributed by atoms with Crippen molar-refractivity contribution >= 4 is 17.4 Å². The van der Waals surface area contributed by atoms with Gasteiger partial charge in [-0.1, -0.05) is 35.9 Å². The molecule has 0 saturated heterocycles. The van der Waals surface area contributed by atoms with Crippen molar-refractivity contribution in [2.24, 2.45) is 0 Å². The zero-order valence-corrected chi connectivity index (χ0v) is 12.4. The topological polar surface area (TPSA) is 47.0 Å². The molecular weight excluding hydrogens is 274 g/mol. The zero-order chi connectivity index (χ0) is 14.4. The second-order valence-electron chi connectivity index (χ2n) is 4.52. The number of aromatic nitrogens is 2. The summed E-state index contributed by atoms with van der Waals surface area (Å²) in [6.45, 7) is 3.33. The molecule has 2 aromatic rings. The maximum absolute atomic E-state index is 5.97. The summed E-state index contributed by atoms with van der Waals surface area (Å²) in [7, 11) is 1.71. The average Bonchev–Trinajstić information content (AvgIpc) is 2.45. The van der Waals surface area contributed by atoms with Gasteiger partial charge in [0.2, 0.25) is 0 Å². The second-order valence-corrected chi connectivity index (χ2v) is 4.87. The average molecular weight is 292 g/mol. The Morgan fingerprint density at radius 2 is 1.95 bits per heavy atom. The monoisotopic (exact) mass is 291 g/mol. The lowest BCUT2D eigenvalue weighted by Crippen LogP contribution is -2.09. The number of hydrogen-bond donors (Lipinski definition) is 1. The molecule has 5 heteroatoms. The van der Waals surface area contributed by atoms with E-state index in [9.17, 15) is 0 Å². The molecular formula is C15H18ClN3O. The normalized spacial score (nSPS) is 10.6. The van der Waals surface area contributed by atoms with Crippen LogP contribution in [-0.2, 0) is 17.8 Å². The lowest BCUT2D eigenvalue weighted by molar-refractivity contribution is 0.184. The fourth-order valence-electron chi connectivity index (χ4n) is 2.02. The van der Waals surface area contributed by atoms with Gasteiger partial charge in [-0.05, 0) is 24.5 Å². The molecule has 4 nitrogen and oxygen atoms in total. The van der Waals surface area contributed by atoms with E-state index in [1.54, 1.807) is 7.11 Å². The summed E-state index contributed by atoms with van der Waals surface area (Å²) in [5, 5.41) is 3.78. The van der Waals surface area contributed by atoms with Crippen LogP contribution in [0.1, 0.15) is 16.7 Å². The van der Waals surface area contributed by atoms with Crippen molar-refractivity contribution < 1.29 is 4.74 Å². The van der Waals surface area contributed by atoms with Crippen molar-refractivity contribution in [1.82, 2.24) is 9.97 Å². The molecule has 0 unspecified atom stereocenters. The molecule has 0 spiro atoms. The number of anilines is 1. The van der Waals surface area contributed by atoms with Crippen LogP contribution in [-0.4, -0.2) is 23.6 Å². The lowest BCUT2D eigenvalue weighted by Gasteiger charge is -2.11. The zero-order valence-electron chi connectivity index (χ0n) is 11.7. The highest BCUT2D eigenvalue weighted by atomic mass is 35.5. The number of methoxy groups -OCH3 is 1. The van der Waals surface area contributed by atoms with Crippen LogP contribution in [0.2, 0.25) is 5.15 Å². The Labute approximate surface area is 124 Å². The third kappa shape index (κ3) is 3.68. The largest absolute Gasteiger partial charge is 0.380 e. The summed E-state index contributed by atoms with van der Waals surface area (Å²) in [5.41, 5.74) is 3.37. The highest BCUT2D eigenvalue weighted by Gasteiger charge is 2.05. The third-order valence-corrected chi connectivity index (χ3v) is 3.51. The van der Waals surface area contributed by atoms with Gasteiger partial charge in [0.05, 0.1) is 6.61 Å². The number of nitrogens with zero attached hydrogens (tertiary/aromatic N) is 2. The standard InChI is InChI=1S/C15H18ClN3O/c1-11-14(16)18-10-19-15(11)17-8-7-12-5-3-4-6-13(12)9-20-2/h3-6,10H,7-9H2,1-2H3,(H,17,18,19).